The van der Waals surface area contributed by atoms with Gasteiger partial charge in [-0.3, -0.25) is 0 Å². The summed E-state index contributed by atoms with van der Waals surface area (Å²) >= 11 is 12.4. The number of nitrogens with zero attached hydrogens (tertiary/aromatic N) is 2. The average Bonchev–Trinajstić information content (AvgIpc) is 3.18. The molecule has 0 aliphatic carbocycles. The number of para-hydroxylation sites is 1. The highest BCUT2D eigenvalue weighted by Crippen LogP contribution is 2.49. The van der Waals surface area contributed by atoms with Gasteiger partial charge >= 0.3 is 0 Å². The van der Waals surface area contributed by atoms with Crippen LogP contribution >= 0.6 is 23.2 Å². The highest BCUT2D eigenvalue weighted by atomic mass is 35.5. The molecule has 0 radical (unpaired) electrons. The van der Waals surface area contributed by atoms with Crippen molar-refractivity contribution in [1.82, 2.24) is 5.01 Å². The Labute approximate surface area is 175 Å². The average molecular weight is 417 g/mol. The first-order valence-electron chi connectivity index (χ1n) is 10.0. The fourth-order valence-corrected chi connectivity index (χ4v) is 5.06. The zero-order valence-corrected chi connectivity index (χ0v) is 17.4. The van der Waals surface area contributed by atoms with Gasteiger partial charge in [-0.15, -0.1) is 0 Å². The van der Waals surface area contributed by atoms with Crippen LogP contribution in [-0.2, 0) is 0 Å². The monoisotopic (exact) mass is 416 g/mol. The minimum Gasteiger partial charge on any atom is -0.466 e. The predicted molar refractivity (Wildman–Crippen MR) is 112 cm³/mol. The molecule has 5 rings (SSSR count). The molecule has 1 fully saturated rings. The third-order valence-corrected chi connectivity index (χ3v) is 7.14. The second-order valence-electron chi connectivity index (χ2n) is 7.93. The fraction of sp³-hybridized carbons (Fsp3) is 0.409. The molecule has 0 unspecified atom stereocenters. The lowest BCUT2D eigenvalue weighted by Crippen LogP contribution is -3.13. The van der Waals surface area contributed by atoms with Gasteiger partial charge in [0.2, 0.25) is 5.72 Å². The summed E-state index contributed by atoms with van der Waals surface area (Å²) in [5.41, 5.74) is 2.95. The van der Waals surface area contributed by atoms with Gasteiger partial charge in [-0.25, -0.2) is 5.01 Å². The van der Waals surface area contributed by atoms with Crippen molar-refractivity contribution in [2.45, 2.75) is 38.0 Å². The normalized spacial score (nSPS) is 28.5. The molecule has 1 spiro atoms. The van der Waals surface area contributed by atoms with E-state index in [9.17, 15) is 0 Å². The molecule has 1 atom stereocenters. The molecular weight excluding hydrogens is 393 g/mol. The van der Waals surface area contributed by atoms with E-state index in [1.807, 2.05) is 18.2 Å². The molecule has 28 heavy (non-hydrogen) atoms. The van der Waals surface area contributed by atoms with Gasteiger partial charge in [0, 0.05) is 12.0 Å². The molecule has 2 aromatic rings. The highest BCUT2D eigenvalue weighted by molar-refractivity contribution is 6.42. The number of hydrogen-bond donors (Lipinski definition) is 1. The SMILES string of the molecule is CC[NH+]1CCC2(CC1)Oc1ccccc1[C@@H]1CC(c3ccc(Cl)c(Cl)c3)=NN12. The fourth-order valence-electron chi connectivity index (χ4n) is 4.76. The minimum absolute atomic E-state index is 0.206. The zero-order valence-electron chi connectivity index (χ0n) is 15.9. The molecule has 146 valence electrons. The van der Waals surface area contributed by atoms with Crippen molar-refractivity contribution in [1.29, 1.82) is 0 Å². The lowest BCUT2D eigenvalue weighted by atomic mass is 9.91. The van der Waals surface area contributed by atoms with Crippen LogP contribution in [0.3, 0.4) is 0 Å². The summed E-state index contributed by atoms with van der Waals surface area (Å²) in [6.45, 7) is 5.64. The van der Waals surface area contributed by atoms with Crippen LogP contribution in [0.15, 0.2) is 47.6 Å². The Balaban J connectivity index is 1.55. The summed E-state index contributed by atoms with van der Waals surface area (Å²) in [7, 11) is 0. The number of fused-ring (bicyclic) bond motifs is 4. The van der Waals surface area contributed by atoms with Crippen LogP contribution in [0.25, 0.3) is 0 Å². The first-order chi connectivity index (χ1) is 13.6. The summed E-state index contributed by atoms with van der Waals surface area (Å²) in [6, 6.07) is 14.4. The Morgan fingerprint density at radius 2 is 1.93 bits per heavy atom. The molecule has 0 amide bonds. The number of likely N-dealkylation sites (tertiary alicyclic amines) is 1. The maximum Gasteiger partial charge on any atom is 0.208 e. The molecule has 1 N–H and O–H groups in total. The zero-order chi connectivity index (χ0) is 19.3. The van der Waals surface area contributed by atoms with Crippen molar-refractivity contribution in [3.63, 3.8) is 0 Å². The molecule has 2 aromatic carbocycles. The topological polar surface area (TPSA) is 29.3 Å². The second kappa shape index (κ2) is 6.94. The van der Waals surface area contributed by atoms with Crippen LogP contribution in [0.4, 0.5) is 0 Å². The van der Waals surface area contributed by atoms with Crippen LogP contribution in [0.1, 0.15) is 43.4 Å². The van der Waals surface area contributed by atoms with E-state index in [0.717, 1.165) is 55.9 Å². The largest absolute Gasteiger partial charge is 0.466 e. The lowest BCUT2D eigenvalue weighted by Gasteiger charge is -2.50. The number of piperidine rings is 1. The molecule has 3 aliphatic heterocycles. The van der Waals surface area contributed by atoms with Gasteiger partial charge in [0.05, 0.1) is 54.3 Å². The summed E-state index contributed by atoms with van der Waals surface area (Å²) in [5.74, 6) is 1.01. The van der Waals surface area contributed by atoms with Crippen molar-refractivity contribution < 1.29 is 9.64 Å². The smallest absolute Gasteiger partial charge is 0.208 e. The van der Waals surface area contributed by atoms with Crippen LogP contribution in [0.2, 0.25) is 10.0 Å². The number of quaternary nitrogens is 1. The molecule has 4 nitrogen and oxygen atoms in total. The molecule has 3 heterocycles. The van der Waals surface area contributed by atoms with Gasteiger partial charge in [0.25, 0.3) is 0 Å². The Hall–Kier alpha value is -1.75. The summed E-state index contributed by atoms with van der Waals surface area (Å²) < 4.78 is 6.65. The third-order valence-electron chi connectivity index (χ3n) is 6.40. The van der Waals surface area contributed by atoms with E-state index < -0.39 is 0 Å². The second-order valence-corrected chi connectivity index (χ2v) is 8.74. The van der Waals surface area contributed by atoms with E-state index in [1.165, 1.54) is 5.56 Å². The maximum absolute atomic E-state index is 6.65. The first kappa shape index (κ1) is 18.3. The van der Waals surface area contributed by atoms with Crippen molar-refractivity contribution in [3.05, 3.63) is 63.6 Å². The Bertz CT molecular complexity index is 937. The van der Waals surface area contributed by atoms with E-state index in [-0.39, 0.29) is 11.8 Å². The lowest BCUT2D eigenvalue weighted by molar-refractivity contribution is -0.906. The molecule has 0 saturated carbocycles. The van der Waals surface area contributed by atoms with Crippen LogP contribution in [0.5, 0.6) is 5.75 Å². The van der Waals surface area contributed by atoms with Crippen molar-refractivity contribution >= 4 is 28.9 Å². The van der Waals surface area contributed by atoms with Gasteiger partial charge in [0.15, 0.2) is 0 Å². The number of nitrogens with one attached hydrogen (secondary N) is 1. The first-order valence-corrected chi connectivity index (χ1v) is 10.8. The molecular formula is C22H24Cl2N3O+. The van der Waals surface area contributed by atoms with E-state index in [1.54, 1.807) is 4.90 Å². The standard InChI is InChI=1S/C22H23Cl2N3O/c1-2-26-11-9-22(10-12-26)27-20(16-5-3-4-6-21(16)28-22)14-19(25-27)15-7-8-17(23)18(24)13-15/h3-8,13,20H,2,9-12,14H2,1H3/p+1/t20-/m0/s1. The Kier molecular flexibility index (Phi) is 4.53. The van der Waals surface area contributed by atoms with E-state index in [0.29, 0.717) is 10.0 Å². The molecule has 6 heteroatoms. The van der Waals surface area contributed by atoms with Gasteiger partial charge in [-0.2, -0.15) is 5.10 Å². The number of rotatable bonds is 2. The van der Waals surface area contributed by atoms with E-state index in [2.05, 4.69) is 36.2 Å². The molecule has 3 aliphatic rings. The predicted octanol–water partition coefficient (Wildman–Crippen LogP) is 3.93. The van der Waals surface area contributed by atoms with Crippen LogP contribution < -0.4 is 9.64 Å². The van der Waals surface area contributed by atoms with Gasteiger partial charge in [0.1, 0.15) is 5.75 Å². The van der Waals surface area contributed by atoms with E-state index >= 15 is 0 Å². The summed E-state index contributed by atoms with van der Waals surface area (Å²) in [6.07, 6.45) is 2.82. The maximum atomic E-state index is 6.65. The van der Waals surface area contributed by atoms with Crippen LogP contribution in [0, 0.1) is 0 Å². The quantitative estimate of drug-likeness (QED) is 0.803. The number of ether oxygens (including phenoxy) is 1. The highest BCUT2D eigenvalue weighted by Gasteiger charge is 2.52. The summed E-state index contributed by atoms with van der Waals surface area (Å²) in [4.78, 5) is 1.64. The number of hydrogen-bond acceptors (Lipinski definition) is 3. The molecule has 1 saturated heterocycles. The van der Waals surface area contributed by atoms with Crippen molar-refractivity contribution in [2.75, 3.05) is 19.6 Å². The molecule has 0 aromatic heterocycles. The van der Waals surface area contributed by atoms with Gasteiger partial charge < -0.3 is 9.64 Å². The number of hydrazone groups is 1. The summed E-state index contributed by atoms with van der Waals surface area (Å²) in [5, 5.41) is 8.48. The Morgan fingerprint density at radius 3 is 2.68 bits per heavy atom. The Morgan fingerprint density at radius 1 is 1.14 bits per heavy atom. The van der Waals surface area contributed by atoms with Gasteiger partial charge in [-0.1, -0.05) is 47.5 Å². The third kappa shape index (κ3) is 2.90. The van der Waals surface area contributed by atoms with E-state index in [4.69, 9.17) is 33.0 Å². The van der Waals surface area contributed by atoms with Crippen LogP contribution in [-0.4, -0.2) is 36.1 Å². The minimum atomic E-state index is -0.352. The molecule has 0 bridgehead atoms. The van der Waals surface area contributed by atoms with Gasteiger partial charge in [-0.05, 0) is 30.7 Å². The number of benzene rings is 2. The van der Waals surface area contributed by atoms with Crippen molar-refractivity contribution in [2.24, 2.45) is 5.10 Å². The number of halogens is 2. The van der Waals surface area contributed by atoms with Crippen molar-refractivity contribution in [3.8, 4) is 5.75 Å².